The van der Waals surface area contributed by atoms with Crippen molar-refractivity contribution in [1.29, 1.82) is 0 Å². The molecule has 6 nitrogen and oxygen atoms in total. The standard InChI is InChI=1S/C14H9NO2.CHF3O3S/c16-13-11-8-4-5-9-12(11)14(17)15(13)10-6-2-1-3-7-10;2-1(3,4)8(5,6)7/h1-9H;(H,5,6,7). The SMILES string of the molecule is O=C1c2ccccc2C(=O)N1c1ccccc1.O=S(=O)(O)C(F)(F)F. The average Bonchev–Trinajstić information content (AvgIpc) is 2.79. The van der Waals surface area contributed by atoms with Gasteiger partial charge >= 0.3 is 15.6 Å². The summed E-state index contributed by atoms with van der Waals surface area (Å²) in [6.45, 7) is 0. The minimum atomic E-state index is -5.84. The normalized spacial score (nSPS) is 14.0. The molecule has 0 aromatic heterocycles. The number of anilines is 1. The Morgan fingerprint density at radius 2 is 1.16 bits per heavy atom. The van der Waals surface area contributed by atoms with Gasteiger partial charge in [-0.15, -0.1) is 0 Å². The summed E-state index contributed by atoms with van der Waals surface area (Å²) in [7, 11) is -5.84. The van der Waals surface area contributed by atoms with Gasteiger partial charge in [-0.05, 0) is 24.3 Å². The van der Waals surface area contributed by atoms with Crippen molar-refractivity contribution in [3.05, 3.63) is 65.7 Å². The van der Waals surface area contributed by atoms with Crippen LogP contribution in [0.5, 0.6) is 0 Å². The lowest BCUT2D eigenvalue weighted by molar-refractivity contribution is -0.0510. The number of hydrogen-bond donors (Lipinski definition) is 1. The van der Waals surface area contributed by atoms with Gasteiger partial charge < -0.3 is 0 Å². The second-order valence-corrected chi connectivity index (χ2v) is 6.16. The number of nitrogens with zero attached hydrogens (tertiary/aromatic N) is 1. The van der Waals surface area contributed by atoms with E-state index in [4.69, 9.17) is 13.0 Å². The molecule has 0 bridgehead atoms. The van der Waals surface area contributed by atoms with Crippen LogP contribution in [0.25, 0.3) is 0 Å². The van der Waals surface area contributed by atoms with E-state index in [1.807, 2.05) is 6.07 Å². The largest absolute Gasteiger partial charge is 0.522 e. The molecule has 0 radical (unpaired) electrons. The predicted octanol–water partition coefficient (Wildman–Crippen LogP) is 2.88. The highest BCUT2D eigenvalue weighted by Gasteiger charge is 2.44. The van der Waals surface area contributed by atoms with Crippen molar-refractivity contribution < 1.29 is 35.7 Å². The summed E-state index contributed by atoms with van der Waals surface area (Å²) >= 11 is 0. The maximum atomic E-state index is 12.1. The van der Waals surface area contributed by atoms with Crippen LogP contribution in [0.2, 0.25) is 0 Å². The molecule has 2 aromatic carbocycles. The fourth-order valence-corrected chi connectivity index (χ4v) is 2.00. The lowest BCUT2D eigenvalue weighted by Gasteiger charge is -2.13. The Morgan fingerprint density at radius 3 is 1.52 bits per heavy atom. The number of benzene rings is 2. The van der Waals surface area contributed by atoms with E-state index in [9.17, 15) is 22.8 Å². The third-order valence-corrected chi connectivity index (χ3v) is 3.69. The Kier molecular flexibility index (Phi) is 4.95. The molecule has 10 heteroatoms. The first kappa shape index (κ1) is 18.6. The first-order valence-corrected chi connectivity index (χ1v) is 8.04. The molecule has 2 aromatic rings. The first-order valence-electron chi connectivity index (χ1n) is 6.60. The summed E-state index contributed by atoms with van der Waals surface area (Å²) in [5, 5.41) is 0. The smallest absolute Gasteiger partial charge is 0.279 e. The molecule has 1 N–H and O–H groups in total. The van der Waals surface area contributed by atoms with E-state index in [1.165, 1.54) is 4.90 Å². The van der Waals surface area contributed by atoms with Crippen LogP contribution in [0.15, 0.2) is 54.6 Å². The zero-order valence-electron chi connectivity index (χ0n) is 12.3. The Hall–Kier alpha value is -2.72. The number of rotatable bonds is 1. The minimum absolute atomic E-state index is 0.253. The molecule has 0 fully saturated rings. The van der Waals surface area contributed by atoms with Gasteiger partial charge in [-0.25, -0.2) is 4.90 Å². The van der Waals surface area contributed by atoms with Gasteiger partial charge in [0.05, 0.1) is 16.8 Å². The Balaban J connectivity index is 0.000000242. The topological polar surface area (TPSA) is 91.8 Å². The molecule has 2 amide bonds. The quantitative estimate of drug-likeness (QED) is 0.471. The van der Waals surface area contributed by atoms with Crippen LogP contribution < -0.4 is 4.90 Å². The minimum Gasteiger partial charge on any atom is -0.279 e. The number of carbonyl (C=O) groups excluding carboxylic acids is 2. The molecule has 0 saturated carbocycles. The fraction of sp³-hybridized carbons (Fsp3) is 0.0667. The second kappa shape index (κ2) is 6.65. The summed E-state index contributed by atoms with van der Waals surface area (Å²) in [5.41, 5.74) is -3.98. The van der Waals surface area contributed by atoms with Crippen molar-refractivity contribution in [3.63, 3.8) is 0 Å². The monoisotopic (exact) mass is 373 g/mol. The Labute approximate surface area is 140 Å². The van der Waals surface area contributed by atoms with Crippen LogP contribution in [0.1, 0.15) is 20.7 Å². The summed E-state index contributed by atoms with van der Waals surface area (Å²) in [6, 6.07) is 15.8. The van der Waals surface area contributed by atoms with Gasteiger partial charge in [0.15, 0.2) is 0 Å². The lowest BCUT2D eigenvalue weighted by atomic mass is 10.1. The summed E-state index contributed by atoms with van der Waals surface area (Å²) in [6.07, 6.45) is 0. The highest BCUT2D eigenvalue weighted by atomic mass is 32.2. The van der Waals surface area contributed by atoms with Crippen molar-refractivity contribution in [1.82, 2.24) is 0 Å². The molecule has 0 atom stereocenters. The zero-order chi connectivity index (χ0) is 18.8. The second-order valence-electron chi connectivity index (χ2n) is 4.75. The van der Waals surface area contributed by atoms with Crippen molar-refractivity contribution >= 4 is 27.6 Å². The molecular weight excluding hydrogens is 363 g/mol. The maximum absolute atomic E-state index is 12.1. The van der Waals surface area contributed by atoms with Crippen molar-refractivity contribution in [2.45, 2.75) is 5.51 Å². The predicted molar refractivity (Wildman–Crippen MR) is 81.6 cm³/mol. The molecule has 0 spiro atoms. The number of para-hydroxylation sites is 1. The van der Waals surface area contributed by atoms with E-state index in [0.717, 1.165) is 0 Å². The van der Waals surface area contributed by atoms with Gasteiger partial charge in [0.25, 0.3) is 11.8 Å². The van der Waals surface area contributed by atoms with E-state index in [2.05, 4.69) is 0 Å². The molecule has 1 aliphatic rings. The Bertz CT molecular complexity index is 875. The molecule has 0 unspecified atom stereocenters. The Morgan fingerprint density at radius 1 is 0.800 bits per heavy atom. The van der Waals surface area contributed by atoms with Crippen LogP contribution in [-0.2, 0) is 10.1 Å². The van der Waals surface area contributed by atoms with Crippen LogP contribution in [0.4, 0.5) is 18.9 Å². The number of imide groups is 1. The number of hydrogen-bond acceptors (Lipinski definition) is 4. The number of halogens is 3. The summed E-state index contributed by atoms with van der Waals surface area (Å²) in [4.78, 5) is 25.4. The number of carbonyl (C=O) groups is 2. The highest BCUT2D eigenvalue weighted by Crippen LogP contribution is 2.27. The molecule has 1 heterocycles. The van der Waals surface area contributed by atoms with E-state index in [1.54, 1.807) is 48.5 Å². The average molecular weight is 373 g/mol. The van der Waals surface area contributed by atoms with E-state index in [-0.39, 0.29) is 11.8 Å². The maximum Gasteiger partial charge on any atom is 0.522 e. The van der Waals surface area contributed by atoms with Gasteiger partial charge in [0, 0.05) is 0 Å². The van der Waals surface area contributed by atoms with Crippen molar-refractivity contribution in [2.24, 2.45) is 0 Å². The number of alkyl halides is 3. The molecule has 3 rings (SSSR count). The van der Waals surface area contributed by atoms with Crippen LogP contribution in [0, 0.1) is 0 Å². The van der Waals surface area contributed by atoms with Gasteiger partial charge in [-0.2, -0.15) is 21.6 Å². The van der Waals surface area contributed by atoms with E-state index < -0.39 is 15.6 Å². The van der Waals surface area contributed by atoms with Crippen LogP contribution in [0.3, 0.4) is 0 Å². The van der Waals surface area contributed by atoms with Gasteiger partial charge in [-0.1, -0.05) is 30.3 Å². The highest BCUT2D eigenvalue weighted by molar-refractivity contribution is 7.86. The van der Waals surface area contributed by atoms with Crippen LogP contribution >= 0.6 is 0 Å². The third kappa shape index (κ3) is 3.86. The van der Waals surface area contributed by atoms with Crippen molar-refractivity contribution in [3.8, 4) is 0 Å². The van der Waals surface area contributed by atoms with Gasteiger partial charge in [0.2, 0.25) is 0 Å². The fourth-order valence-electron chi connectivity index (χ4n) is 2.00. The van der Waals surface area contributed by atoms with Gasteiger partial charge in [0.1, 0.15) is 0 Å². The molecule has 0 saturated heterocycles. The number of fused-ring (bicyclic) bond motifs is 1. The summed E-state index contributed by atoms with van der Waals surface area (Å²) in [5.74, 6) is -0.506. The molecule has 132 valence electrons. The third-order valence-electron chi connectivity index (χ3n) is 3.10. The number of amides is 2. The van der Waals surface area contributed by atoms with Crippen LogP contribution in [-0.4, -0.2) is 30.3 Å². The molecule has 25 heavy (non-hydrogen) atoms. The first-order chi connectivity index (χ1) is 11.5. The molecule has 1 aliphatic heterocycles. The van der Waals surface area contributed by atoms with E-state index >= 15 is 0 Å². The zero-order valence-corrected chi connectivity index (χ0v) is 13.1. The van der Waals surface area contributed by atoms with Crippen molar-refractivity contribution in [2.75, 3.05) is 4.90 Å². The molecule has 0 aliphatic carbocycles. The van der Waals surface area contributed by atoms with Gasteiger partial charge in [-0.3, -0.25) is 14.1 Å². The summed E-state index contributed by atoms with van der Waals surface area (Å²) < 4.78 is 57.5. The molecular formula is C15H10F3NO5S. The van der Waals surface area contributed by atoms with E-state index in [0.29, 0.717) is 16.8 Å². The lowest BCUT2D eigenvalue weighted by Crippen LogP contribution is -2.29.